The second kappa shape index (κ2) is 9.72. The number of carboxylic acids is 1. The lowest BCUT2D eigenvalue weighted by Gasteiger charge is -2.20. The molecule has 4 N–H and O–H groups in total. The van der Waals surface area contributed by atoms with Gasteiger partial charge in [0.15, 0.2) is 0 Å². The van der Waals surface area contributed by atoms with Crippen molar-refractivity contribution >= 4 is 35.1 Å². The van der Waals surface area contributed by atoms with E-state index >= 15 is 0 Å². The van der Waals surface area contributed by atoms with Gasteiger partial charge in [0.25, 0.3) is 0 Å². The van der Waals surface area contributed by atoms with Crippen LogP contribution in [0.15, 0.2) is 72.8 Å². The largest absolute Gasteiger partial charge is 0.478 e. The molecule has 3 aromatic rings. The number of carbonyl (C=O) groups is 1. The van der Waals surface area contributed by atoms with Gasteiger partial charge >= 0.3 is 5.97 Å². The van der Waals surface area contributed by atoms with Crippen molar-refractivity contribution < 1.29 is 9.90 Å². The van der Waals surface area contributed by atoms with Crippen LogP contribution >= 0.6 is 0 Å². The summed E-state index contributed by atoms with van der Waals surface area (Å²) < 4.78 is 0. The van der Waals surface area contributed by atoms with E-state index in [2.05, 4.69) is 26.0 Å². The molecule has 0 aromatic heterocycles. The molecule has 31 heavy (non-hydrogen) atoms. The normalized spacial score (nSPS) is 11.9. The number of nitrogens with two attached hydrogens (primary N) is 1. The summed E-state index contributed by atoms with van der Waals surface area (Å²) in [6, 6.07) is 21.8. The number of aryl methyl sites for hydroxylation is 1. The number of anilines is 1. The van der Waals surface area contributed by atoms with Crippen molar-refractivity contribution in [1.82, 2.24) is 0 Å². The molecule has 0 bridgehead atoms. The highest BCUT2D eigenvalue weighted by Crippen LogP contribution is 2.37. The Bertz CT molecular complexity index is 1170. The quantitative estimate of drug-likeness (QED) is 0.192. The van der Waals surface area contributed by atoms with Crippen molar-refractivity contribution in [2.24, 2.45) is 0 Å². The number of rotatable bonds is 7. The summed E-state index contributed by atoms with van der Waals surface area (Å²) in [4.78, 5) is 10.8. The fraction of sp³-hybridized carbons (Fsp3) is 0.111. The second-order valence-corrected chi connectivity index (χ2v) is 7.27. The summed E-state index contributed by atoms with van der Waals surface area (Å²) in [5.41, 5.74) is 14.7. The summed E-state index contributed by atoms with van der Waals surface area (Å²) >= 11 is 0. The highest BCUT2D eigenvalue weighted by Gasteiger charge is 2.17. The topological polar surface area (TPSA) is 87.2 Å². The minimum Gasteiger partial charge on any atom is -0.478 e. The van der Waals surface area contributed by atoms with E-state index in [9.17, 15) is 4.79 Å². The van der Waals surface area contributed by atoms with Gasteiger partial charge in [0, 0.05) is 23.5 Å². The van der Waals surface area contributed by atoms with E-state index in [4.69, 9.17) is 16.2 Å². The van der Waals surface area contributed by atoms with Crippen molar-refractivity contribution in [3.63, 3.8) is 0 Å². The number of hydrogen-bond donors (Lipinski definition) is 3. The first-order valence-electron chi connectivity index (χ1n) is 10.2. The second-order valence-electron chi connectivity index (χ2n) is 7.27. The smallest absolute Gasteiger partial charge is 0.328 e. The van der Waals surface area contributed by atoms with E-state index in [-0.39, 0.29) is 0 Å². The summed E-state index contributed by atoms with van der Waals surface area (Å²) in [6.45, 7) is 4.22. The molecule has 0 aliphatic rings. The van der Waals surface area contributed by atoms with Gasteiger partial charge in [0.1, 0.15) is 0 Å². The average Bonchev–Trinajstić information content (AvgIpc) is 2.77. The molecule has 0 aliphatic carbocycles. The average molecular weight is 411 g/mol. The molecule has 0 saturated carbocycles. The lowest BCUT2D eigenvalue weighted by Crippen LogP contribution is -2.03. The third-order valence-corrected chi connectivity index (χ3v) is 5.30. The molecular weight excluding hydrogens is 384 g/mol. The zero-order valence-electron chi connectivity index (χ0n) is 17.7. The molecule has 4 nitrogen and oxygen atoms in total. The van der Waals surface area contributed by atoms with Gasteiger partial charge in [-0.3, -0.25) is 0 Å². The molecule has 156 valence electrons. The van der Waals surface area contributed by atoms with E-state index in [0.717, 1.165) is 40.3 Å². The van der Waals surface area contributed by atoms with Gasteiger partial charge in [0.2, 0.25) is 0 Å². The van der Waals surface area contributed by atoms with Crippen LogP contribution in [0, 0.1) is 12.3 Å². The summed E-state index contributed by atoms with van der Waals surface area (Å²) in [6.07, 6.45) is 4.80. The zero-order chi connectivity index (χ0) is 22.4. The van der Waals surface area contributed by atoms with E-state index in [1.807, 2.05) is 48.5 Å². The van der Waals surface area contributed by atoms with Crippen LogP contribution in [0.4, 0.5) is 5.69 Å². The number of benzene rings is 3. The van der Waals surface area contributed by atoms with Crippen LogP contribution in [0.2, 0.25) is 0 Å². The minimum absolute atomic E-state index is 0.561. The van der Waals surface area contributed by atoms with E-state index in [1.54, 1.807) is 12.1 Å². The number of carboxylic acid groups (broad SMARTS) is 1. The molecule has 0 heterocycles. The van der Waals surface area contributed by atoms with Crippen molar-refractivity contribution in [3.8, 4) is 0 Å². The Kier molecular flexibility index (Phi) is 6.83. The number of aliphatic carboxylic acids is 1. The molecule has 0 aliphatic heterocycles. The summed E-state index contributed by atoms with van der Waals surface area (Å²) in [5, 5.41) is 16.8. The highest BCUT2D eigenvalue weighted by molar-refractivity contribution is 6.05. The fourth-order valence-electron chi connectivity index (χ4n) is 3.80. The molecule has 4 heteroatoms. The Morgan fingerprint density at radius 1 is 1.00 bits per heavy atom. The van der Waals surface area contributed by atoms with Crippen molar-refractivity contribution in [2.45, 2.75) is 20.3 Å². The van der Waals surface area contributed by atoms with Crippen molar-refractivity contribution in [3.05, 3.63) is 106 Å². The molecule has 0 fully saturated rings. The highest BCUT2D eigenvalue weighted by atomic mass is 16.4. The number of nitrogens with one attached hydrogen (secondary N) is 1. The maximum Gasteiger partial charge on any atom is 0.328 e. The predicted octanol–water partition coefficient (Wildman–Crippen LogP) is 6.04. The van der Waals surface area contributed by atoms with Crippen LogP contribution in [-0.2, 0) is 4.79 Å². The predicted molar refractivity (Wildman–Crippen MR) is 129 cm³/mol. The van der Waals surface area contributed by atoms with Gasteiger partial charge < -0.3 is 16.2 Å². The Morgan fingerprint density at radius 2 is 1.68 bits per heavy atom. The summed E-state index contributed by atoms with van der Waals surface area (Å²) in [5.74, 6) is -0.979. The molecule has 0 spiro atoms. The molecule has 0 unspecified atom stereocenters. The SMILES string of the molecule is CC/C(=C(/c1ccc(/C=C/C(=O)O)cc1)c1cccc(N)c1C=N)c1ccccc1C. The van der Waals surface area contributed by atoms with Gasteiger partial charge in [-0.1, -0.05) is 67.6 Å². The van der Waals surface area contributed by atoms with Crippen molar-refractivity contribution in [2.75, 3.05) is 5.73 Å². The zero-order valence-corrected chi connectivity index (χ0v) is 17.7. The minimum atomic E-state index is -0.979. The van der Waals surface area contributed by atoms with Crippen molar-refractivity contribution in [1.29, 1.82) is 5.41 Å². The Labute approximate surface area is 182 Å². The van der Waals surface area contributed by atoms with Crippen LogP contribution in [0.5, 0.6) is 0 Å². The van der Waals surface area contributed by atoms with Gasteiger partial charge in [-0.15, -0.1) is 0 Å². The first-order valence-corrected chi connectivity index (χ1v) is 10.2. The third-order valence-electron chi connectivity index (χ3n) is 5.30. The van der Waals surface area contributed by atoms with Gasteiger partial charge in [-0.05, 0) is 64.5 Å². The Morgan fingerprint density at radius 3 is 2.29 bits per heavy atom. The number of nitrogen functional groups attached to an aromatic ring is 1. The number of allylic oxidation sites excluding steroid dienone is 1. The van der Waals surface area contributed by atoms with Gasteiger partial charge in [0.05, 0.1) is 0 Å². The maximum absolute atomic E-state index is 10.8. The van der Waals surface area contributed by atoms with Crippen LogP contribution in [0.3, 0.4) is 0 Å². The molecular formula is C27H26N2O2. The fourth-order valence-corrected chi connectivity index (χ4v) is 3.80. The molecule has 0 amide bonds. The third kappa shape index (κ3) is 4.81. The maximum atomic E-state index is 10.8. The monoisotopic (exact) mass is 410 g/mol. The van der Waals surface area contributed by atoms with Gasteiger partial charge in [-0.25, -0.2) is 4.79 Å². The van der Waals surface area contributed by atoms with E-state index < -0.39 is 5.97 Å². The molecule has 3 aromatic carbocycles. The molecule has 0 radical (unpaired) electrons. The molecule has 0 atom stereocenters. The molecule has 0 saturated heterocycles. The van der Waals surface area contributed by atoms with Crippen LogP contribution in [0.25, 0.3) is 17.2 Å². The number of hydrogen-bond acceptors (Lipinski definition) is 3. The van der Waals surface area contributed by atoms with Gasteiger partial charge in [-0.2, -0.15) is 0 Å². The lowest BCUT2D eigenvalue weighted by molar-refractivity contribution is -0.131. The van der Waals surface area contributed by atoms with Crippen LogP contribution in [0.1, 0.15) is 46.7 Å². The first kappa shape index (κ1) is 21.8. The standard InChI is InChI=1S/C27H26N2O2/c1-3-21(22-8-5-4-7-18(22)2)27(23-9-6-10-25(29)24(23)17-28)20-14-11-19(12-15-20)13-16-26(30)31/h4-17,28H,3,29H2,1-2H3,(H,30,31)/b16-13+,27-21+,28-17?. The first-order chi connectivity index (χ1) is 15.0. The van der Waals surface area contributed by atoms with E-state index in [1.165, 1.54) is 17.4 Å². The van der Waals surface area contributed by atoms with Crippen LogP contribution < -0.4 is 5.73 Å². The molecule has 3 rings (SSSR count). The Balaban J connectivity index is 2.30. The lowest BCUT2D eigenvalue weighted by atomic mass is 9.84. The van der Waals surface area contributed by atoms with Crippen LogP contribution in [-0.4, -0.2) is 17.3 Å². The summed E-state index contributed by atoms with van der Waals surface area (Å²) in [7, 11) is 0. The Hall–Kier alpha value is -3.92. The van der Waals surface area contributed by atoms with E-state index in [0.29, 0.717) is 11.3 Å².